The average Bonchev–Trinajstić information content (AvgIpc) is 3.62. The Balaban J connectivity index is 1.35. The Hall–Kier alpha value is -5.93. The molecule has 8 aromatic rings. The number of para-hydroxylation sites is 3. The van der Waals surface area contributed by atoms with Crippen molar-refractivity contribution in [1.82, 2.24) is 14.1 Å². The van der Waals surface area contributed by atoms with Crippen LogP contribution in [0.1, 0.15) is 12.6 Å². The number of fused-ring (bicyclic) bond motifs is 7. The molecule has 0 aliphatic carbocycles. The van der Waals surface area contributed by atoms with Gasteiger partial charge in [0.25, 0.3) is 0 Å². The highest BCUT2D eigenvalue weighted by Crippen LogP contribution is 2.42. The standard InChI is InChI=1S/C42H31N3/c1-2-3-4-5-7-17-31-18-15-24-37(43-31)30-16-14-21-33(29-30)44-39-26-13-11-23-36(39)41-40(44)28-27-35-34-22-10-12-25-38(34)45(42(35)41)32-19-8-6-9-20-32/h2-29H,1H3/b3-2-,5-4-,17-7+. The van der Waals surface area contributed by atoms with Gasteiger partial charge in [-0.15, -0.1) is 0 Å². The fourth-order valence-electron chi connectivity index (χ4n) is 6.53. The van der Waals surface area contributed by atoms with E-state index in [1.807, 2.05) is 49.4 Å². The number of hydrogen-bond donors (Lipinski definition) is 0. The summed E-state index contributed by atoms with van der Waals surface area (Å²) in [6.07, 6.45) is 12.1. The highest BCUT2D eigenvalue weighted by atomic mass is 15.0. The first-order valence-corrected chi connectivity index (χ1v) is 15.4. The van der Waals surface area contributed by atoms with E-state index in [0.29, 0.717) is 0 Å². The van der Waals surface area contributed by atoms with Crippen LogP contribution in [0.2, 0.25) is 0 Å². The normalized spacial score (nSPS) is 12.3. The minimum Gasteiger partial charge on any atom is -0.309 e. The van der Waals surface area contributed by atoms with E-state index in [1.54, 1.807) is 0 Å². The molecule has 3 heterocycles. The highest BCUT2D eigenvalue weighted by molar-refractivity contribution is 6.26. The Kier molecular flexibility index (Phi) is 6.69. The van der Waals surface area contributed by atoms with Crippen molar-refractivity contribution in [1.29, 1.82) is 0 Å². The third-order valence-corrected chi connectivity index (χ3v) is 8.45. The molecule has 0 spiro atoms. The second-order valence-corrected chi connectivity index (χ2v) is 11.2. The van der Waals surface area contributed by atoms with Gasteiger partial charge in [-0.3, -0.25) is 0 Å². The van der Waals surface area contributed by atoms with Crippen LogP contribution in [0.4, 0.5) is 0 Å². The predicted octanol–water partition coefficient (Wildman–Crippen LogP) is 11.1. The van der Waals surface area contributed by atoms with Crippen molar-refractivity contribution in [3.05, 3.63) is 170 Å². The molecule has 214 valence electrons. The van der Waals surface area contributed by atoms with Crippen molar-refractivity contribution in [3.8, 4) is 22.6 Å². The first-order valence-electron chi connectivity index (χ1n) is 15.4. The van der Waals surface area contributed by atoms with Crippen LogP contribution < -0.4 is 0 Å². The van der Waals surface area contributed by atoms with E-state index >= 15 is 0 Å². The van der Waals surface area contributed by atoms with Crippen LogP contribution in [0.25, 0.3) is 72.3 Å². The molecule has 0 saturated heterocycles. The molecule has 3 aromatic heterocycles. The van der Waals surface area contributed by atoms with E-state index in [1.165, 1.54) is 43.6 Å². The van der Waals surface area contributed by atoms with Crippen molar-refractivity contribution < 1.29 is 0 Å². The van der Waals surface area contributed by atoms with Crippen LogP contribution in [-0.4, -0.2) is 14.1 Å². The van der Waals surface area contributed by atoms with Crippen LogP contribution >= 0.6 is 0 Å². The lowest BCUT2D eigenvalue weighted by Gasteiger charge is -2.11. The zero-order valence-electron chi connectivity index (χ0n) is 25.0. The summed E-state index contributed by atoms with van der Waals surface area (Å²) in [5, 5.41) is 5.01. The monoisotopic (exact) mass is 577 g/mol. The van der Waals surface area contributed by atoms with Crippen molar-refractivity contribution in [3.63, 3.8) is 0 Å². The molecular formula is C42H31N3. The second kappa shape index (κ2) is 11.3. The zero-order chi connectivity index (χ0) is 30.2. The molecule has 3 nitrogen and oxygen atoms in total. The van der Waals surface area contributed by atoms with Crippen molar-refractivity contribution >= 4 is 49.7 Å². The van der Waals surface area contributed by atoms with E-state index < -0.39 is 0 Å². The molecule has 0 amide bonds. The molecule has 45 heavy (non-hydrogen) atoms. The number of nitrogens with zero attached hydrogens (tertiary/aromatic N) is 3. The number of benzene rings is 5. The summed E-state index contributed by atoms with van der Waals surface area (Å²) >= 11 is 0. The minimum atomic E-state index is 0.927. The van der Waals surface area contributed by atoms with E-state index in [2.05, 4.69) is 137 Å². The molecule has 0 radical (unpaired) electrons. The molecule has 0 saturated carbocycles. The molecule has 0 aliphatic rings. The number of allylic oxidation sites excluding steroid dienone is 5. The predicted molar refractivity (Wildman–Crippen MR) is 191 cm³/mol. The third-order valence-electron chi connectivity index (χ3n) is 8.45. The van der Waals surface area contributed by atoms with Gasteiger partial charge in [-0.05, 0) is 67.6 Å². The van der Waals surface area contributed by atoms with Gasteiger partial charge in [0, 0.05) is 38.5 Å². The fourth-order valence-corrected chi connectivity index (χ4v) is 6.53. The molecule has 3 heteroatoms. The molecule has 5 aromatic carbocycles. The van der Waals surface area contributed by atoms with Gasteiger partial charge in [0.15, 0.2) is 0 Å². The summed E-state index contributed by atoms with van der Waals surface area (Å²) in [4.78, 5) is 4.97. The number of pyridine rings is 1. The Bertz CT molecular complexity index is 2430. The smallest absolute Gasteiger partial charge is 0.0710 e. The van der Waals surface area contributed by atoms with E-state index in [-0.39, 0.29) is 0 Å². The van der Waals surface area contributed by atoms with Crippen molar-refractivity contribution in [2.45, 2.75) is 6.92 Å². The van der Waals surface area contributed by atoms with Crippen molar-refractivity contribution in [2.75, 3.05) is 0 Å². The first kappa shape index (κ1) is 26.7. The third kappa shape index (κ3) is 4.57. The lowest BCUT2D eigenvalue weighted by molar-refractivity contribution is 1.17. The summed E-state index contributed by atoms with van der Waals surface area (Å²) in [7, 11) is 0. The maximum absolute atomic E-state index is 4.97. The molecule has 0 unspecified atom stereocenters. The van der Waals surface area contributed by atoms with Gasteiger partial charge >= 0.3 is 0 Å². The highest BCUT2D eigenvalue weighted by Gasteiger charge is 2.20. The van der Waals surface area contributed by atoms with Gasteiger partial charge in [-0.2, -0.15) is 0 Å². The molecule has 8 rings (SSSR count). The molecule has 0 aliphatic heterocycles. The second-order valence-electron chi connectivity index (χ2n) is 11.2. The molecule has 0 atom stereocenters. The lowest BCUT2D eigenvalue weighted by Crippen LogP contribution is -1.96. The first-order chi connectivity index (χ1) is 22.3. The summed E-state index contributed by atoms with van der Waals surface area (Å²) in [6, 6.07) is 47.7. The van der Waals surface area contributed by atoms with E-state index in [4.69, 9.17) is 4.98 Å². The van der Waals surface area contributed by atoms with E-state index in [9.17, 15) is 0 Å². The van der Waals surface area contributed by atoms with Crippen LogP contribution in [-0.2, 0) is 0 Å². The summed E-state index contributed by atoms with van der Waals surface area (Å²) in [5.74, 6) is 0. The molecule has 0 N–H and O–H groups in total. The van der Waals surface area contributed by atoms with Crippen LogP contribution in [0.3, 0.4) is 0 Å². The van der Waals surface area contributed by atoms with Gasteiger partial charge < -0.3 is 9.13 Å². The number of hydrogen-bond acceptors (Lipinski definition) is 1. The van der Waals surface area contributed by atoms with Gasteiger partial charge in [0.05, 0.1) is 33.5 Å². The molecular weight excluding hydrogens is 546 g/mol. The average molecular weight is 578 g/mol. The summed E-state index contributed by atoms with van der Waals surface area (Å²) < 4.78 is 4.83. The Morgan fingerprint density at radius 3 is 2.07 bits per heavy atom. The number of rotatable bonds is 6. The largest absolute Gasteiger partial charge is 0.309 e. The van der Waals surface area contributed by atoms with Gasteiger partial charge in [-0.25, -0.2) is 4.98 Å². The van der Waals surface area contributed by atoms with E-state index in [0.717, 1.165) is 28.3 Å². The van der Waals surface area contributed by atoms with Crippen molar-refractivity contribution in [2.24, 2.45) is 0 Å². The maximum atomic E-state index is 4.97. The SMILES string of the molecule is C\C=C/C=C\C=C\c1cccc(-c2cccc(-n3c4ccccc4c4c3ccc3c5ccccc5n(-c5ccccc5)c34)c2)n1. The lowest BCUT2D eigenvalue weighted by atomic mass is 10.1. The minimum absolute atomic E-state index is 0.927. The van der Waals surface area contributed by atoms with Crippen LogP contribution in [0.5, 0.6) is 0 Å². The summed E-state index contributed by atoms with van der Waals surface area (Å²) in [6.45, 7) is 2.01. The van der Waals surface area contributed by atoms with Crippen LogP contribution in [0, 0.1) is 0 Å². The Morgan fingerprint density at radius 2 is 1.22 bits per heavy atom. The Morgan fingerprint density at radius 1 is 0.511 bits per heavy atom. The zero-order valence-corrected chi connectivity index (χ0v) is 25.0. The number of aromatic nitrogens is 3. The molecule has 0 bridgehead atoms. The quantitative estimate of drug-likeness (QED) is 0.180. The van der Waals surface area contributed by atoms with Gasteiger partial charge in [0.1, 0.15) is 0 Å². The Labute approximate surface area is 262 Å². The fraction of sp³-hybridized carbons (Fsp3) is 0.0238. The molecule has 0 fully saturated rings. The maximum Gasteiger partial charge on any atom is 0.0710 e. The topological polar surface area (TPSA) is 22.8 Å². The van der Waals surface area contributed by atoms with Gasteiger partial charge in [0.2, 0.25) is 0 Å². The van der Waals surface area contributed by atoms with Crippen LogP contribution in [0.15, 0.2) is 164 Å². The summed E-state index contributed by atoms with van der Waals surface area (Å²) in [5.41, 5.74) is 10.0. The van der Waals surface area contributed by atoms with Gasteiger partial charge in [-0.1, -0.05) is 109 Å².